The average Bonchev–Trinajstić information content (AvgIpc) is 2.22. The predicted octanol–water partition coefficient (Wildman–Crippen LogP) is 2.97. The van der Waals surface area contributed by atoms with E-state index in [1.54, 1.807) is 18.2 Å². The van der Waals surface area contributed by atoms with E-state index < -0.39 is 0 Å². The molecule has 0 radical (unpaired) electrons. The minimum absolute atomic E-state index is 0.0132. The van der Waals surface area contributed by atoms with Gasteiger partial charge in [0.05, 0.1) is 15.7 Å². The molecule has 1 rings (SSSR count). The average molecular weight is 248 g/mol. The van der Waals surface area contributed by atoms with Gasteiger partial charge in [0.1, 0.15) is 6.61 Å². The second kappa shape index (κ2) is 5.95. The zero-order valence-corrected chi connectivity index (χ0v) is 9.73. The highest BCUT2D eigenvalue weighted by atomic mass is 35.5. The Morgan fingerprint density at radius 2 is 2.20 bits per heavy atom. The standard InChI is InChI=1S/C10H11Cl2NO2/c1-2-15-6-9(14)13-8-5-3-4-7(11)10(8)12/h3-5H,2,6H2,1H3,(H,13,14). The van der Waals surface area contributed by atoms with Crippen molar-refractivity contribution in [2.75, 3.05) is 18.5 Å². The Hall–Kier alpha value is -0.770. The molecule has 0 saturated carbocycles. The Morgan fingerprint density at radius 1 is 1.47 bits per heavy atom. The third-order valence-corrected chi connectivity index (χ3v) is 2.48. The third-order valence-electron chi connectivity index (χ3n) is 1.66. The quantitative estimate of drug-likeness (QED) is 0.889. The number of halogens is 2. The Kier molecular flexibility index (Phi) is 4.88. The van der Waals surface area contributed by atoms with E-state index in [-0.39, 0.29) is 12.5 Å². The summed E-state index contributed by atoms with van der Waals surface area (Å²) in [4.78, 5) is 11.3. The van der Waals surface area contributed by atoms with Gasteiger partial charge in [-0.15, -0.1) is 0 Å². The number of amides is 1. The van der Waals surface area contributed by atoms with Crippen LogP contribution in [0.5, 0.6) is 0 Å². The zero-order chi connectivity index (χ0) is 11.3. The first-order valence-electron chi connectivity index (χ1n) is 4.46. The van der Waals surface area contributed by atoms with Gasteiger partial charge in [0, 0.05) is 6.61 Å². The van der Waals surface area contributed by atoms with Crippen molar-refractivity contribution in [1.82, 2.24) is 0 Å². The van der Waals surface area contributed by atoms with E-state index in [1.165, 1.54) is 0 Å². The van der Waals surface area contributed by atoms with Crippen LogP contribution in [-0.4, -0.2) is 19.1 Å². The maximum absolute atomic E-state index is 11.3. The van der Waals surface area contributed by atoms with E-state index in [0.717, 1.165) is 0 Å². The van der Waals surface area contributed by atoms with Crippen molar-refractivity contribution in [2.45, 2.75) is 6.92 Å². The maximum Gasteiger partial charge on any atom is 0.250 e. The number of hydrogen-bond donors (Lipinski definition) is 1. The smallest absolute Gasteiger partial charge is 0.250 e. The molecule has 1 aromatic carbocycles. The normalized spacial score (nSPS) is 10.1. The largest absolute Gasteiger partial charge is 0.372 e. The molecule has 0 atom stereocenters. The molecular weight excluding hydrogens is 237 g/mol. The number of ether oxygens (including phenoxy) is 1. The van der Waals surface area contributed by atoms with Gasteiger partial charge in [-0.25, -0.2) is 0 Å². The van der Waals surface area contributed by atoms with Gasteiger partial charge in [-0.2, -0.15) is 0 Å². The second-order valence-electron chi connectivity index (χ2n) is 2.79. The number of carbonyl (C=O) groups excluding carboxylic acids is 1. The Bertz CT molecular complexity index is 355. The molecule has 0 bridgehead atoms. The number of anilines is 1. The molecular formula is C10H11Cl2NO2. The monoisotopic (exact) mass is 247 g/mol. The molecule has 3 nitrogen and oxygen atoms in total. The van der Waals surface area contributed by atoms with E-state index in [4.69, 9.17) is 27.9 Å². The molecule has 0 aromatic heterocycles. The van der Waals surface area contributed by atoms with Crippen LogP contribution in [0.3, 0.4) is 0 Å². The Labute approximate surface area is 98.3 Å². The zero-order valence-electron chi connectivity index (χ0n) is 8.22. The number of rotatable bonds is 4. The van der Waals surface area contributed by atoms with E-state index in [2.05, 4.69) is 5.32 Å². The summed E-state index contributed by atoms with van der Waals surface area (Å²) in [5.74, 6) is -0.249. The fraction of sp³-hybridized carbons (Fsp3) is 0.300. The van der Waals surface area contributed by atoms with Gasteiger partial charge in [-0.3, -0.25) is 4.79 Å². The molecule has 15 heavy (non-hydrogen) atoms. The highest BCUT2D eigenvalue weighted by Gasteiger charge is 2.07. The molecule has 0 heterocycles. The van der Waals surface area contributed by atoms with Gasteiger partial charge in [0.25, 0.3) is 0 Å². The fourth-order valence-electron chi connectivity index (χ4n) is 0.981. The van der Waals surface area contributed by atoms with Crippen molar-refractivity contribution in [2.24, 2.45) is 0 Å². The van der Waals surface area contributed by atoms with Crippen LogP contribution in [0.25, 0.3) is 0 Å². The molecule has 1 N–H and O–H groups in total. The molecule has 5 heteroatoms. The number of hydrogen-bond acceptors (Lipinski definition) is 2. The summed E-state index contributed by atoms with van der Waals surface area (Å²) in [6.45, 7) is 2.33. The van der Waals surface area contributed by atoms with Gasteiger partial charge >= 0.3 is 0 Å². The van der Waals surface area contributed by atoms with Crippen molar-refractivity contribution in [3.05, 3.63) is 28.2 Å². The van der Waals surface area contributed by atoms with Gasteiger partial charge in [0.15, 0.2) is 0 Å². The molecule has 0 fully saturated rings. The molecule has 0 unspecified atom stereocenters. The van der Waals surface area contributed by atoms with Crippen molar-refractivity contribution in [1.29, 1.82) is 0 Å². The Morgan fingerprint density at radius 3 is 2.87 bits per heavy atom. The van der Waals surface area contributed by atoms with Crippen LogP contribution in [0.15, 0.2) is 18.2 Å². The third kappa shape index (κ3) is 3.70. The summed E-state index contributed by atoms with van der Waals surface area (Å²) < 4.78 is 4.95. The van der Waals surface area contributed by atoms with E-state index in [9.17, 15) is 4.79 Å². The molecule has 0 aliphatic heterocycles. The number of carbonyl (C=O) groups is 1. The summed E-state index contributed by atoms with van der Waals surface area (Å²) in [5, 5.41) is 3.35. The lowest BCUT2D eigenvalue weighted by atomic mass is 10.3. The van der Waals surface area contributed by atoms with Crippen LogP contribution in [0, 0.1) is 0 Å². The SMILES string of the molecule is CCOCC(=O)Nc1cccc(Cl)c1Cl. The molecule has 0 aliphatic carbocycles. The van der Waals surface area contributed by atoms with Crippen molar-refractivity contribution in [3.8, 4) is 0 Å². The topological polar surface area (TPSA) is 38.3 Å². The lowest BCUT2D eigenvalue weighted by molar-refractivity contribution is -0.120. The molecule has 1 amide bonds. The Balaban J connectivity index is 2.64. The van der Waals surface area contributed by atoms with Crippen LogP contribution < -0.4 is 5.32 Å². The number of benzene rings is 1. The summed E-state index contributed by atoms with van der Waals surface area (Å²) >= 11 is 11.7. The first kappa shape index (κ1) is 12.3. The van der Waals surface area contributed by atoms with Gasteiger partial charge in [-0.05, 0) is 19.1 Å². The first-order chi connectivity index (χ1) is 7.15. The van der Waals surface area contributed by atoms with E-state index in [1.807, 2.05) is 6.92 Å². The van der Waals surface area contributed by atoms with Crippen molar-refractivity contribution in [3.63, 3.8) is 0 Å². The lowest BCUT2D eigenvalue weighted by Gasteiger charge is -2.07. The van der Waals surface area contributed by atoms with Gasteiger partial charge in [0.2, 0.25) is 5.91 Å². The predicted molar refractivity (Wildman–Crippen MR) is 61.6 cm³/mol. The van der Waals surface area contributed by atoms with Crippen molar-refractivity contribution < 1.29 is 9.53 Å². The molecule has 0 saturated heterocycles. The van der Waals surface area contributed by atoms with Crippen molar-refractivity contribution >= 4 is 34.8 Å². The lowest BCUT2D eigenvalue weighted by Crippen LogP contribution is -2.18. The van der Waals surface area contributed by atoms with Crippen LogP contribution >= 0.6 is 23.2 Å². The maximum atomic E-state index is 11.3. The van der Waals surface area contributed by atoms with E-state index in [0.29, 0.717) is 22.3 Å². The minimum atomic E-state index is -0.249. The molecule has 82 valence electrons. The summed E-state index contributed by atoms with van der Waals surface area (Å²) in [6, 6.07) is 5.05. The summed E-state index contributed by atoms with van der Waals surface area (Å²) in [7, 11) is 0. The highest BCUT2D eigenvalue weighted by Crippen LogP contribution is 2.29. The fourth-order valence-corrected chi connectivity index (χ4v) is 1.33. The molecule has 1 aromatic rings. The van der Waals surface area contributed by atoms with Crippen LogP contribution in [0.4, 0.5) is 5.69 Å². The second-order valence-corrected chi connectivity index (χ2v) is 3.57. The highest BCUT2D eigenvalue weighted by molar-refractivity contribution is 6.43. The van der Waals surface area contributed by atoms with Crippen LogP contribution in [0.1, 0.15) is 6.92 Å². The van der Waals surface area contributed by atoms with Gasteiger partial charge in [-0.1, -0.05) is 29.3 Å². The first-order valence-corrected chi connectivity index (χ1v) is 5.22. The minimum Gasteiger partial charge on any atom is -0.372 e. The number of nitrogens with one attached hydrogen (secondary N) is 1. The van der Waals surface area contributed by atoms with Crippen LogP contribution in [0.2, 0.25) is 10.0 Å². The van der Waals surface area contributed by atoms with Crippen LogP contribution in [-0.2, 0) is 9.53 Å². The molecule has 0 aliphatic rings. The molecule has 0 spiro atoms. The summed E-state index contributed by atoms with van der Waals surface area (Å²) in [6.07, 6.45) is 0. The van der Waals surface area contributed by atoms with Gasteiger partial charge < -0.3 is 10.1 Å². The van der Waals surface area contributed by atoms with E-state index >= 15 is 0 Å². The summed E-state index contributed by atoms with van der Waals surface area (Å²) in [5.41, 5.74) is 0.494.